The summed E-state index contributed by atoms with van der Waals surface area (Å²) in [7, 11) is 1.36. The van der Waals surface area contributed by atoms with Crippen LogP contribution in [0.15, 0.2) is 84.4 Å². The van der Waals surface area contributed by atoms with Crippen molar-refractivity contribution in [1.29, 1.82) is 0 Å². The van der Waals surface area contributed by atoms with Crippen molar-refractivity contribution in [3.05, 3.63) is 106 Å². The van der Waals surface area contributed by atoms with Gasteiger partial charge in [-0.05, 0) is 53.4 Å². The second-order valence-corrected chi connectivity index (χ2v) is 19.5. The molecule has 0 aliphatic carbocycles. The lowest BCUT2D eigenvalue weighted by Crippen LogP contribution is -2.59. The van der Waals surface area contributed by atoms with E-state index in [-0.39, 0.29) is 30.7 Å². The van der Waals surface area contributed by atoms with E-state index < -0.39 is 53.1 Å². The Kier molecular flexibility index (Phi) is 15.3. The van der Waals surface area contributed by atoms with E-state index in [0.717, 1.165) is 38.0 Å². The van der Waals surface area contributed by atoms with Gasteiger partial charge in [0.15, 0.2) is 0 Å². The van der Waals surface area contributed by atoms with Crippen LogP contribution in [-0.4, -0.2) is 109 Å². The number of nitrogens with one attached hydrogen (secondary N) is 2. The summed E-state index contributed by atoms with van der Waals surface area (Å²) in [6.45, 7) is 16.6. The summed E-state index contributed by atoms with van der Waals surface area (Å²) in [5.74, 6) is -0.595. The van der Waals surface area contributed by atoms with Gasteiger partial charge in [0.05, 0.1) is 35.1 Å². The van der Waals surface area contributed by atoms with Crippen LogP contribution in [0.4, 0.5) is 9.59 Å². The molecule has 4 aromatic rings. The average Bonchev–Trinajstić information content (AvgIpc) is 3.81. The molecule has 14 heteroatoms. The van der Waals surface area contributed by atoms with Crippen molar-refractivity contribution in [2.24, 2.45) is 10.8 Å². The molecule has 1 aliphatic rings. The fraction of sp³-hybridized carbons (Fsp3) is 0.489. The lowest BCUT2D eigenvalue weighted by Gasteiger charge is -2.38. The molecular formula is C47H63N7O6S. The Bertz CT molecular complexity index is 2080. The zero-order valence-electron chi connectivity index (χ0n) is 37.0. The minimum Gasteiger partial charge on any atom is -0.465 e. The van der Waals surface area contributed by atoms with Gasteiger partial charge in [-0.2, -0.15) is 0 Å². The summed E-state index contributed by atoms with van der Waals surface area (Å²) >= 11 is 1.58. The lowest BCUT2D eigenvalue weighted by molar-refractivity contribution is -0.131. The summed E-state index contributed by atoms with van der Waals surface area (Å²) < 4.78 is 0. The SMILES string of the molecule is CC(C)c1nc(CN2CCN([C@H](C(=O)N[C@@H](Cc3ccccc3)C[C@@H](O)[C@H](Cc3ccc(-c4ccccn4)cc3)NC(=O)[C@@H](N(C)C(=O)O)C(C)(C)C)C(C)(C)C)C2=O)cs1. The van der Waals surface area contributed by atoms with Crippen LogP contribution in [0.3, 0.4) is 0 Å². The molecule has 1 saturated heterocycles. The molecule has 2 aromatic heterocycles. The van der Waals surface area contributed by atoms with Gasteiger partial charge in [0.25, 0.3) is 0 Å². The van der Waals surface area contributed by atoms with Crippen LogP contribution in [0.2, 0.25) is 0 Å². The van der Waals surface area contributed by atoms with Crippen molar-refractivity contribution in [3.8, 4) is 11.3 Å². The van der Waals surface area contributed by atoms with Gasteiger partial charge in [0.2, 0.25) is 11.8 Å². The van der Waals surface area contributed by atoms with E-state index in [9.17, 15) is 29.4 Å². The summed E-state index contributed by atoms with van der Waals surface area (Å²) in [5, 5.41) is 31.4. The van der Waals surface area contributed by atoms with Crippen molar-refractivity contribution >= 4 is 35.3 Å². The highest BCUT2D eigenvalue weighted by Crippen LogP contribution is 2.30. The van der Waals surface area contributed by atoms with E-state index in [0.29, 0.717) is 26.1 Å². The van der Waals surface area contributed by atoms with E-state index in [1.807, 2.05) is 98.9 Å². The minimum atomic E-state index is -1.25. The topological polar surface area (TPSA) is 168 Å². The van der Waals surface area contributed by atoms with Crippen LogP contribution < -0.4 is 10.6 Å². The predicted molar refractivity (Wildman–Crippen MR) is 239 cm³/mol. The van der Waals surface area contributed by atoms with E-state index in [1.54, 1.807) is 48.1 Å². The van der Waals surface area contributed by atoms with Crippen molar-refractivity contribution < 1.29 is 29.4 Å². The number of aliphatic hydroxyl groups is 1. The van der Waals surface area contributed by atoms with Gasteiger partial charge >= 0.3 is 12.1 Å². The Morgan fingerprint density at radius 1 is 0.852 bits per heavy atom. The van der Waals surface area contributed by atoms with Crippen molar-refractivity contribution in [3.63, 3.8) is 0 Å². The zero-order valence-corrected chi connectivity index (χ0v) is 37.8. The van der Waals surface area contributed by atoms with Gasteiger partial charge in [0, 0.05) is 49.2 Å². The van der Waals surface area contributed by atoms with E-state index >= 15 is 0 Å². The van der Waals surface area contributed by atoms with Crippen LogP contribution >= 0.6 is 11.3 Å². The molecule has 328 valence electrons. The molecule has 0 spiro atoms. The highest BCUT2D eigenvalue weighted by atomic mass is 32.1. The van der Waals surface area contributed by atoms with Crippen LogP contribution in [0.1, 0.15) is 89.6 Å². The van der Waals surface area contributed by atoms with Crippen LogP contribution in [0.25, 0.3) is 11.3 Å². The number of likely N-dealkylation sites (N-methyl/N-ethyl adjacent to an activating group) is 1. The molecule has 4 N–H and O–H groups in total. The molecule has 2 aromatic carbocycles. The first-order valence-electron chi connectivity index (χ1n) is 21.0. The normalized spacial score (nSPS) is 15.9. The Hall–Kier alpha value is -5.34. The zero-order chi connectivity index (χ0) is 44.6. The second kappa shape index (κ2) is 20.0. The molecule has 0 unspecified atom stereocenters. The van der Waals surface area contributed by atoms with E-state index in [1.165, 1.54) is 7.05 Å². The predicted octanol–water partition coefficient (Wildman–Crippen LogP) is 7.21. The fourth-order valence-electron chi connectivity index (χ4n) is 8.08. The summed E-state index contributed by atoms with van der Waals surface area (Å²) in [6.07, 6.45) is -0.0763. The number of carboxylic acid groups (broad SMARTS) is 1. The number of hydrogen-bond donors (Lipinski definition) is 4. The molecular weight excluding hydrogens is 791 g/mol. The number of aromatic nitrogens is 2. The third kappa shape index (κ3) is 12.4. The largest absolute Gasteiger partial charge is 0.465 e. The quantitative estimate of drug-likeness (QED) is 0.0865. The molecule has 1 fully saturated rings. The molecule has 13 nitrogen and oxygen atoms in total. The molecule has 61 heavy (non-hydrogen) atoms. The summed E-state index contributed by atoms with van der Waals surface area (Å²) in [5.41, 5.74) is 2.88. The number of thiazole rings is 1. The van der Waals surface area contributed by atoms with Crippen LogP contribution in [-0.2, 0) is 29.0 Å². The lowest BCUT2D eigenvalue weighted by atomic mass is 9.84. The fourth-order valence-corrected chi connectivity index (χ4v) is 8.90. The molecule has 5 atom stereocenters. The highest BCUT2D eigenvalue weighted by molar-refractivity contribution is 7.09. The maximum Gasteiger partial charge on any atom is 0.407 e. The van der Waals surface area contributed by atoms with Gasteiger partial charge in [-0.25, -0.2) is 14.6 Å². The Morgan fingerprint density at radius 3 is 2.08 bits per heavy atom. The third-order valence-corrected chi connectivity index (χ3v) is 12.2. The number of aliphatic hydroxyl groups excluding tert-OH is 1. The maximum absolute atomic E-state index is 14.6. The first kappa shape index (κ1) is 46.7. The number of carbonyl (C=O) groups excluding carboxylic acids is 3. The first-order chi connectivity index (χ1) is 28.7. The molecule has 3 heterocycles. The number of amides is 5. The summed E-state index contributed by atoms with van der Waals surface area (Å²) in [4.78, 5) is 68.5. The molecule has 0 saturated carbocycles. The maximum atomic E-state index is 14.6. The Balaban J connectivity index is 1.42. The van der Waals surface area contributed by atoms with Gasteiger partial charge in [0.1, 0.15) is 12.1 Å². The minimum absolute atomic E-state index is 0.0471. The molecule has 0 radical (unpaired) electrons. The molecule has 0 bridgehead atoms. The molecule has 1 aliphatic heterocycles. The van der Waals surface area contributed by atoms with Gasteiger partial charge in [-0.1, -0.05) is 116 Å². The van der Waals surface area contributed by atoms with Crippen LogP contribution in [0, 0.1) is 10.8 Å². The number of nitrogens with zero attached hydrogens (tertiary/aromatic N) is 5. The standard InChI is InChI=1S/C47H63N7O6S/c1-30(2)43-50-35(29-61-43)28-53-23-24-54(44(53)58)40(47(6,7)8)42(57)49-34(25-31-15-11-10-12-16-31)27-38(55)37(51-41(56)39(46(3,4)5)52(9)45(59)60)26-32-18-20-33(21-19-32)36-17-13-14-22-48-36/h10-22,29-30,34,37-40,55H,23-28H2,1-9H3,(H,49,57)(H,51,56)(H,59,60)/t34-,37-,38+,39+,40+/m0/s1. The van der Waals surface area contributed by atoms with Crippen molar-refractivity contribution in [1.82, 2.24) is 35.3 Å². The number of carbonyl (C=O) groups is 4. The Labute approximate surface area is 364 Å². The number of hydrogen-bond acceptors (Lipinski definition) is 8. The monoisotopic (exact) mass is 853 g/mol. The smallest absolute Gasteiger partial charge is 0.407 e. The van der Waals surface area contributed by atoms with Crippen molar-refractivity contribution in [2.45, 2.75) is 117 Å². The van der Waals surface area contributed by atoms with Gasteiger partial charge in [-0.15, -0.1) is 11.3 Å². The van der Waals surface area contributed by atoms with Gasteiger partial charge in [-0.3, -0.25) is 19.5 Å². The summed E-state index contributed by atoms with van der Waals surface area (Å²) in [6, 6.07) is 19.4. The number of pyridine rings is 1. The van der Waals surface area contributed by atoms with Crippen molar-refractivity contribution in [2.75, 3.05) is 20.1 Å². The second-order valence-electron chi connectivity index (χ2n) is 18.6. The third-order valence-electron chi connectivity index (χ3n) is 11.0. The molecule has 5 amide bonds. The Morgan fingerprint density at radius 2 is 1.51 bits per heavy atom. The van der Waals surface area contributed by atoms with Gasteiger partial charge < -0.3 is 30.6 Å². The molecule has 5 rings (SSSR count). The first-order valence-corrected chi connectivity index (χ1v) is 21.9. The van der Waals surface area contributed by atoms with Crippen LogP contribution in [0.5, 0.6) is 0 Å². The average molecular weight is 854 g/mol. The number of benzene rings is 2. The highest BCUT2D eigenvalue weighted by Gasteiger charge is 2.44. The van der Waals surface area contributed by atoms with E-state index in [2.05, 4.69) is 29.5 Å². The van der Waals surface area contributed by atoms with E-state index in [4.69, 9.17) is 4.98 Å². The number of urea groups is 1. The number of rotatable bonds is 17.